The van der Waals surface area contributed by atoms with Crippen LogP contribution in [-0.2, 0) is 0 Å². The van der Waals surface area contributed by atoms with Gasteiger partial charge >= 0.3 is 0 Å². The summed E-state index contributed by atoms with van der Waals surface area (Å²) in [7, 11) is 1.39. The van der Waals surface area contributed by atoms with Gasteiger partial charge in [-0.3, -0.25) is 14.4 Å². The Morgan fingerprint density at radius 2 is 1.29 bits per heavy atom. The van der Waals surface area contributed by atoms with Crippen LogP contribution in [0.5, 0.6) is 5.75 Å². The Kier molecular flexibility index (Phi) is 3.78. The lowest BCUT2D eigenvalue weighted by Crippen LogP contribution is -2.07. The molecule has 1 aromatic carbocycles. The monoisotopic (exact) mass is 234 g/mol. The summed E-state index contributed by atoms with van der Waals surface area (Å²) in [6, 6.07) is 2.91. The standard InChI is InChI=1S/C13H14O4/c1-7(14)10-5-11(8(2)15)13(17-4)12(6-10)9(3)16/h5-6H,1-4H3. The van der Waals surface area contributed by atoms with Crippen LogP contribution < -0.4 is 4.74 Å². The largest absolute Gasteiger partial charge is 0.495 e. The van der Waals surface area contributed by atoms with Gasteiger partial charge in [-0.15, -0.1) is 0 Å². The van der Waals surface area contributed by atoms with Crippen LogP contribution in [0.3, 0.4) is 0 Å². The molecule has 1 aromatic rings. The number of Topliss-reactive ketones (excluding diaryl/α,β-unsaturated/α-hetero) is 3. The first-order valence-electron chi connectivity index (χ1n) is 5.13. The Balaban J connectivity index is 3.63. The first kappa shape index (κ1) is 13.1. The minimum absolute atomic E-state index is 0.197. The van der Waals surface area contributed by atoms with E-state index >= 15 is 0 Å². The van der Waals surface area contributed by atoms with Crippen LogP contribution in [0.15, 0.2) is 12.1 Å². The van der Waals surface area contributed by atoms with E-state index in [1.165, 1.54) is 40.0 Å². The van der Waals surface area contributed by atoms with Crippen molar-refractivity contribution in [2.45, 2.75) is 20.8 Å². The molecule has 4 nitrogen and oxygen atoms in total. The SMILES string of the molecule is COc1c(C(C)=O)cc(C(C)=O)cc1C(C)=O. The molecule has 0 saturated carbocycles. The van der Waals surface area contributed by atoms with Crippen molar-refractivity contribution >= 4 is 17.3 Å². The Labute approximate surface area is 99.6 Å². The Bertz CT molecular complexity index is 465. The van der Waals surface area contributed by atoms with Crippen LogP contribution in [-0.4, -0.2) is 24.5 Å². The number of hydrogen-bond donors (Lipinski definition) is 0. The van der Waals surface area contributed by atoms with Crippen LogP contribution in [0.1, 0.15) is 51.8 Å². The van der Waals surface area contributed by atoms with Gasteiger partial charge in [-0.2, -0.15) is 0 Å². The smallest absolute Gasteiger partial charge is 0.163 e. The zero-order chi connectivity index (χ0) is 13.2. The van der Waals surface area contributed by atoms with Gasteiger partial charge in [-0.25, -0.2) is 0 Å². The van der Waals surface area contributed by atoms with E-state index in [1.54, 1.807) is 0 Å². The molecule has 0 radical (unpaired) electrons. The van der Waals surface area contributed by atoms with Crippen molar-refractivity contribution in [1.82, 2.24) is 0 Å². The van der Waals surface area contributed by atoms with Crippen LogP contribution in [0.2, 0.25) is 0 Å². The van der Waals surface area contributed by atoms with E-state index in [9.17, 15) is 14.4 Å². The summed E-state index contributed by atoms with van der Waals surface area (Å²) >= 11 is 0. The fraction of sp³-hybridized carbons (Fsp3) is 0.308. The molecular weight excluding hydrogens is 220 g/mol. The molecule has 0 atom stereocenters. The lowest BCUT2D eigenvalue weighted by molar-refractivity contribution is 0.101. The molecule has 0 heterocycles. The van der Waals surface area contributed by atoms with E-state index in [-0.39, 0.29) is 34.2 Å². The van der Waals surface area contributed by atoms with Gasteiger partial charge in [-0.05, 0) is 32.9 Å². The van der Waals surface area contributed by atoms with Crippen LogP contribution in [0.25, 0.3) is 0 Å². The van der Waals surface area contributed by atoms with E-state index in [4.69, 9.17) is 4.74 Å². The Hall–Kier alpha value is -1.97. The molecular formula is C13H14O4. The number of rotatable bonds is 4. The predicted octanol–water partition coefficient (Wildman–Crippen LogP) is 2.30. The normalized spacial score (nSPS) is 9.88. The average Bonchev–Trinajstić information content (AvgIpc) is 2.26. The molecule has 0 fully saturated rings. The zero-order valence-electron chi connectivity index (χ0n) is 10.3. The second-order valence-corrected chi connectivity index (χ2v) is 3.77. The highest BCUT2D eigenvalue weighted by Crippen LogP contribution is 2.27. The summed E-state index contributed by atoms with van der Waals surface area (Å²) in [4.78, 5) is 34.3. The van der Waals surface area contributed by atoms with E-state index in [1.807, 2.05) is 0 Å². The van der Waals surface area contributed by atoms with E-state index in [0.29, 0.717) is 5.56 Å². The van der Waals surface area contributed by atoms with E-state index in [2.05, 4.69) is 0 Å². The predicted molar refractivity (Wildman–Crippen MR) is 63.0 cm³/mol. The quantitative estimate of drug-likeness (QED) is 0.750. The van der Waals surface area contributed by atoms with Gasteiger partial charge in [0.25, 0.3) is 0 Å². The van der Waals surface area contributed by atoms with Crippen LogP contribution in [0.4, 0.5) is 0 Å². The van der Waals surface area contributed by atoms with Crippen molar-refractivity contribution < 1.29 is 19.1 Å². The lowest BCUT2D eigenvalue weighted by atomic mass is 9.98. The molecule has 0 aliphatic heterocycles. The van der Waals surface area contributed by atoms with Crippen molar-refractivity contribution in [1.29, 1.82) is 0 Å². The highest BCUT2D eigenvalue weighted by atomic mass is 16.5. The maximum atomic E-state index is 11.5. The number of hydrogen-bond acceptors (Lipinski definition) is 4. The van der Waals surface area contributed by atoms with Crippen molar-refractivity contribution in [3.63, 3.8) is 0 Å². The first-order valence-corrected chi connectivity index (χ1v) is 5.13. The fourth-order valence-corrected chi connectivity index (χ4v) is 1.58. The molecule has 0 saturated heterocycles. The maximum absolute atomic E-state index is 11.5. The molecule has 0 spiro atoms. The number of ketones is 3. The molecule has 0 aliphatic rings. The van der Waals surface area contributed by atoms with Gasteiger partial charge in [0, 0.05) is 5.56 Å². The number of carbonyl (C=O) groups excluding carboxylic acids is 3. The Morgan fingerprint density at radius 3 is 1.53 bits per heavy atom. The molecule has 0 aliphatic carbocycles. The number of carbonyl (C=O) groups is 3. The van der Waals surface area contributed by atoms with Crippen LogP contribution >= 0.6 is 0 Å². The van der Waals surface area contributed by atoms with Gasteiger partial charge in [-0.1, -0.05) is 0 Å². The van der Waals surface area contributed by atoms with Crippen molar-refractivity contribution in [3.05, 3.63) is 28.8 Å². The highest BCUT2D eigenvalue weighted by molar-refractivity contribution is 6.07. The molecule has 0 amide bonds. The number of ether oxygens (including phenoxy) is 1. The summed E-state index contributed by atoms with van der Waals surface area (Å²) in [6.45, 7) is 4.12. The summed E-state index contributed by atoms with van der Waals surface area (Å²) in [5.41, 5.74) is 0.844. The molecule has 17 heavy (non-hydrogen) atoms. The minimum Gasteiger partial charge on any atom is -0.495 e. The third-order valence-corrected chi connectivity index (χ3v) is 2.46. The summed E-state index contributed by atoms with van der Waals surface area (Å²) in [5, 5.41) is 0. The molecule has 0 aromatic heterocycles. The van der Waals surface area contributed by atoms with E-state index < -0.39 is 0 Å². The second kappa shape index (κ2) is 4.91. The average molecular weight is 234 g/mol. The molecule has 1 rings (SSSR count). The molecule has 0 N–H and O–H groups in total. The van der Waals surface area contributed by atoms with Crippen molar-refractivity contribution in [2.75, 3.05) is 7.11 Å². The molecule has 0 bridgehead atoms. The lowest BCUT2D eigenvalue weighted by Gasteiger charge is -2.11. The molecule has 90 valence electrons. The van der Waals surface area contributed by atoms with Gasteiger partial charge < -0.3 is 4.74 Å². The topological polar surface area (TPSA) is 60.4 Å². The summed E-state index contributed by atoms with van der Waals surface area (Å²) in [5.74, 6) is -0.451. The Morgan fingerprint density at radius 1 is 0.882 bits per heavy atom. The highest BCUT2D eigenvalue weighted by Gasteiger charge is 2.18. The maximum Gasteiger partial charge on any atom is 0.163 e. The third-order valence-electron chi connectivity index (χ3n) is 2.46. The molecule has 4 heteroatoms. The number of methoxy groups -OCH3 is 1. The van der Waals surface area contributed by atoms with Gasteiger partial charge in [0.05, 0.1) is 18.2 Å². The summed E-state index contributed by atoms with van der Waals surface area (Å²) < 4.78 is 5.08. The van der Waals surface area contributed by atoms with Crippen molar-refractivity contribution in [2.24, 2.45) is 0 Å². The van der Waals surface area contributed by atoms with Gasteiger partial charge in [0.15, 0.2) is 17.3 Å². The van der Waals surface area contributed by atoms with Crippen molar-refractivity contribution in [3.8, 4) is 5.75 Å². The molecule has 0 unspecified atom stereocenters. The summed E-state index contributed by atoms with van der Waals surface area (Å²) in [6.07, 6.45) is 0. The zero-order valence-corrected chi connectivity index (χ0v) is 10.3. The van der Waals surface area contributed by atoms with Gasteiger partial charge in [0.2, 0.25) is 0 Å². The third kappa shape index (κ3) is 2.58. The fourth-order valence-electron chi connectivity index (χ4n) is 1.58. The van der Waals surface area contributed by atoms with E-state index in [0.717, 1.165) is 0 Å². The van der Waals surface area contributed by atoms with Gasteiger partial charge in [0.1, 0.15) is 5.75 Å². The second-order valence-electron chi connectivity index (χ2n) is 3.77. The first-order chi connectivity index (χ1) is 7.88. The number of benzene rings is 1. The minimum atomic E-state index is -0.243. The van der Waals surface area contributed by atoms with Crippen LogP contribution in [0, 0.1) is 0 Å².